The van der Waals surface area contributed by atoms with Crippen LogP contribution in [0.4, 0.5) is 5.69 Å². The van der Waals surface area contributed by atoms with Gasteiger partial charge in [0.1, 0.15) is 6.10 Å². The Balaban J connectivity index is 2.01. The number of hydrogen-bond acceptors (Lipinski definition) is 3. The zero-order valence-electron chi connectivity index (χ0n) is 9.62. The molecule has 0 aromatic heterocycles. The number of halogens is 1. The van der Waals surface area contributed by atoms with Gasteiger partial charge in [-0.1, -0.05) is 18.0 Å². The molecule has 4 heteroatoms. The van der Waals surface area contributed by atoms with Crippen LogP contribution in [0, 0.1) is 0 Å². The zero-order valence-corrected chi connectivity index (χ0v) is 10.4. The number of nitrogens with two attached hydrogens (primary N) is 1. The molecule has 0 spiro atoms. The maximum Gasteiger partial charge on any atom is 0.338 e. The second-order valence-electron chi connectivity index (χ2n) is 4.40. The van der Waals surface area contributed by atoms with E-state index in [-0.39, 0.29) is 12.1 Å². The Morgan fingerprint density at radius 3 is 2.65 bits per heavy atom. The highest BCUT2D eigenvalue weighted by atomic mass is 35.5. The Morgan fingerprint density at radius 1 is 1.29 bits per heavy atom. The Morgan fingerprint density at radius 2 is 2.00 bits per heavy atom. The van der Waals surface area contributed by atoms with Crippen molar-refractivity contribution in [2.75, 3.05) is 5.73 Å². The fraction of sp³-hybridized carbons (Fsp3) is 0.462. The number of carbonyl (C=O) groups excluding carboxylic acids is 1. The molecule has 1 aliphatic carbocycles. The predicted octanol–water partition coefficient (Wildman–Crippen LogP) is 3.41. The molecule has 1 fully saturated rings. The summed E-state index contributed by atoms with van der Waals surface area (Å²) in [6.07, 6.45) is 5.51. The third kappa shape index (κ3) is 3.13. The molecule has 17 heavy (non-hydrogen) atoms. The lowest BCUT2D eigenvalue weighted by Gasteiger charge is -2.21. The highest BCUT2D eigenvalue weighted by molar-refractivity contribution is 6.33. The van der Waals surface area contributed by atoms with Crippen LogP contribution in [0.25, 0.3) is 0 Å². The van der Waals surface area contributed by atoms with E-state index >= 15 is 0 Å². The number of esters is 1. The smallest absolute Gasteiger partial charge is 0.338 e. The van der Waals surface area contributed by atoms with Crippen LogP contribution >= 0.6 is 11.6 Å². The van der Waals surface area contributed by atoms with E-state index < -0.39 is 0 Å². The van der Waals surface area contributed by atoms with Crippen LogP contribution in [0.15, 0.2) is 18.2 Å². The molecule has 0 radical (unpaired) electrons. The third-order valence-electron chi connectivity index (χ3n) is 3.06. The number of hydrogen-bond donors (Lipinski definition) is 1. The van der Waals surface area contributed by atoms with E-state index in [4.69, 9.17) is 22.1 Å². The van der Waals surface area contributed by atoms with Crippen molar-refractivity contribution in [1.29, 1.82) is 0 Å². The molecule has 0 bridgehead atoms. The minimum atomic E-state index is -0.305. The molecule has 1 aromatic carbocycles. The fourth-order valence-electron chi connectivity index (χ4n) is 2.07. The SMILES string of the molecule is Nc1cc(C(=O)OC2CCCCC2)ccc1Cl. The van der Waals surface area contributed by atoms with E-state index in [0.29, 0.717) is 16.3 Å². The summed E-state index contributed by atoms with van der Waals surface area (Å²) < 4.78 is 5.43. The molecule has 0 atom stereocenters. The highest BCUT2D eigenvalue weighted by Crippen LogP contribution is 2.23. The van der Waals surface area contributed by atoms with Crippen LogP contribution in [0.5, 0.6) is 0 Å². The van der Waals surface area contributed by atoms with E-state index in [9.17, 15) is 4.79 Å². The van der Waals surface area contributed by atoms with Gasteiger partial charge in [-0.3, -0.25) is 0 Å². The number of nitrogen functional groups attached to an aromatic ring is 1. The van der Waals surface area contributed by atoms with Gasteiger partial charge in [-0.2, -0.15) is 0 Å². The maximum absolute atomic E-state index is 11.9. The molecular weight excluding hydrogens is 238 g/mol. The van der Waals surface area contributed by atoms with Gasteiger partial charge in [0, 0.05) is 0 Å². The largest absolute Gasteiger partial charge is 0.459 e. The van der Waals surface area contributed by atoms with E-state index in [1.54, 1.807) is 18.2 Å². The second kappa shape index (κ2) is 5.41. The first-order valence-electron chi connectivity index (χ1n) is 5.93. The lowest BCUT2D eigenvalue weighted by atomic mass is 9.98. The van der Waals surface area contributed by atoms with Crippen molar-refractivity contribution in [2.24, 2.45) is 0 Å². The predicted molar refractivity (Wildman–Crippen MR) is 68.2 cm³/mol. The van der Waals surface area contributed by atoms with Crippen LogP contribution in [0.3, 0.4) is 0 Å². The number of anilines is 1. The molecule has 0 amide bonds. The lowest BCUT2D eigenvalue weighted by molar-refractivity contribution is 0.0211. The van der Waals surface area contributed by atoms with Gasteiger partial charge >= 0.3 is 5.97 Å². The molecule has 0 unspecified atom stereocenters. The van der Waals surface area contributed by atoms with Gasteiger partial charge in [0.15, 0.2) is 0 Å². The second-order valence-corrected chi connectivity index (χ2v) is 4.81. The molecule has 0 aliphatic heterocycles. The van der Waals surface area contributed by atoms with Gasteiger partial charge < -0.3 is 10.5 Å². The first-order valence-corrected chi connectivity index (χ1v) is 6.30. The molecule has 2 N–H and O–H groups in total. The molecule has 1 aromatic rings. The fourth-order valence-corrected chi connectivity index (χ4v) is 2.19. The Bertz CT molecular complexity index is 414. The first kappa shape index (κ1) is 12.2. The van der Waals surface area contributed by atoms with Crippen LogP contribution in [-0.2, 0) is 4.74 Å². The Labute approximate surface area is 106 Å². The van der Waals surface area contributed by atoms with E-state index in [1.165, 1.54) is 6.42 Å². The first-order chi connectivity index (χ1) is 8.16. The molecule has 1 saturated carbocycles. The van der Waals surface area contributed by atoms with Crippen LogP contribution in [0.2, 0.25) is 5.02 Å². The zero-order chi connectivity index (χ0) is 12.3. The van der Waals surface area contributed by atoms with Crippen LogP contribution in [-0.4, -0.2) is 12.1 Å². The van der Waals surface area contributed by atoms with E-state index in [2.05, 4.69) is 0 Å². The summed E-state index contributed by atoms with van der Waals surface area (Å²) in [5.41, 5.74) is 6.53. The number of ether oxygens (including phenoxy) is 1. The summed E-state index contributed by atoms with van der Waals surface area (Å²) in [6, 6.07) is 4.83. The van der Waals surface area contributed by atoms with Gasteiger partial charge in [0.25, 0.3) is 0 Å². The number of rotatable bonds is 2. The molecule has 0 heterocycles. The average Bonchev–Trinajstić information content (AvgIpc) is 2.34. The normalized spacial score (nSPS) is 16.8. The molecule has 3 nitrogen and oxygen atoms in total. The number of benzene rings is 1. The minimum absolute atomic E-state index is 0.0631. The Kier molecular flexibility index (Phi) is 3.89. The van der Waals surface area contributed by atoms with E-state index in [0.717, 1.165) is 25.7 Å². The molecule has 0 saturated heterocycles. The molecule has 1 aliphatic rings. The summed E-state index contributed by atoms with van der Waals surface area (Å²) in [5.74, 6) is -0.305. The van der Waals surface area contributed by atoms with Crippen molar-refractivity contribution in [2.45, 2.75) is 38.2 Å². The Hall–Kier alpha value is -1.22. The van der Waals surface area contributed by atoms with Crippen LogP contribution < -0.4 is 5.73 Å². The third-order valence-corrected chi connectivity index (χ3v) is 3.40. The lowest BCUT2D eigenvalue weighted by Crippen LogP contribution is -2.20. The van der Waals surface area contributed by atoms with Crippen molar-refractivity contribution in [1.82, 2.24) is 0 Å². The van der Waals surface area contributed by atoms with E-state index in [1.807, 2.05) is 0 Å². The monoisotopic (exact) mass is 253 g/mol. The molecular formula is C13H16ClNO2. The quantitative estimate of drug-likeness (QED) is 0.649. The van der Waals surface area contributed by atoms with Gasteiger partial charge in [-0.05, 0) is 43.9 Å². The summed E-state index contributed by atoms with van der Waals surface area (Å²) >= 11 is 5.80. The molecule has 92 valence electrons. The summed E-state index contributed by atoms with van der Waals surface area (Å²) in [6.45, 7) is 0. The summed E-state index contributed by atoms with van der Waals surface area (Å²) in [5, 5.41) is 0.458. The van der Waals surface area contributed by atoms with Gasteiger partial charge in [0.05, 0.1) is 16.3 Å². The number of carbonyl (C=O) groups is 1. The minimum Gasteiger partial charge on any atom is -0.459 e. The van der Waals surface area contributed by atoms with Crippen LogP contribution in [0.1, 0.15) is 42.5 Å². The van der Waals surface area contributed by atoms with Gasteiger partial charge in [0.2, 0.25) is 0 Å². The summed E-state index contributed by atoms with van der Waals surface area (Å²) in [7, 11) is 0. The highest BCUT2D eigenvalue weighted by Gasteiger charge is 2.18. The van der Waals surface area contributed by atoms with Crippen molar-refractivity contribution >= 4 is 23.3 Å². The molecule has 2 rings (SSSR count). The maximum atomic E-state index is 11.9. The van der Waals surface area contributed by atoms with Gasteiger partial charge in [-0.25, -0.2) is 4.79 Å². The summed E-state index contributed by atoms with van der Waals surface area (Å²) in [4.78, 5) is 11.9. The average molecular weight is 254 g/mol. The van der Waals surface area contributed by atoms with Crippen molar-refractivity contribution in [3.05, 3.63) is 28.8 Å². The standard InChI is InChI=1S/C13H16ClNO2/c14-11-7-6-9(8-12(11)15)13(16)17-10-4-2-1-3-5-10/h6-8,10H,1-5,15H2. The van der Waals surface area contributed by atoms with Gasteiger partial charge in [-0.15, -0.1) is 0 Å². The van der Waals surface area contributed by atoms with Crippen molar-refractivity contribution < 1.29 is 9.53 Å². The topological polar surface area (TPSA) is 52.3 Å². The van der Waals surface area contributed by atoms with Crippen molar-refractivity contribution in [3.8, 4) is 0 Å². The van der Waals surface area contributed by atoms with Crippen molar-refractivity contribution in [3.63, 3.8) is 0 Å².